The number of amides is 2. The number of aliphatic carboxylic acids is 1. The molecule has 3 fully saturated rings. The highest BCUT2D eigenvalue weighted by molar-refractivity contribution is 5.79. The molecule has 2 saturated heterocycles. The van der Waals surface area contributed by atoms with E-state index in [2.05, 4.69) is 0 Å². The predicted molar refractivity (Wildman–Crippen MR) is 76.0 cm³/mol. The van der Waals surface area contributed by atoms with Crippen molar-refractivity contribution in [1.29, 1.82) is 0 Å². The molecule has 21 heavy (non-hydrogen) atoms. The number of carbonyl (C=O) groups is 2. The van der Waals surface area contributed by atoms with Gasteiger partial charge in [0.05, 0.1) is 18.6 Å². The molecule has 0 aromatic heterocycles. The van der Waals surface area contributed by atoms with Gasteiger partial charge in [-0.25, -0.2) is 4.79 Å². The van der Waals surface area contributed by atoms with Crippen LogP contribution in [0.15, 0.2) is 0 Å². The predicted octanol–water partition coefficient (Wildman–Crippen LogP) is 1.41. The van der Waals surface area contributed by atoms with Crippen LogP contribution in [0.25, 0.3) is 0 Å². The van der Waals surface area contributed by atoms with Crippen LogP contribution in [0.1, 0.15) is 32.1 Å². The van der Waals surface area contributed by atoms with Gasteiger partial charge in [0, 0.05) is 26.2 Å². The van der Waals surface area contributed by atoms with E-state index < -0.39 is 11.4 Å². The van der Waals surface area contributed by atoms with Crippen molar-refractivity contribution in [2.24, 2.45) is 11.3 Å². The molecule has 0 aromatic rings. The van der Waals surface area contributed by atoms with Gasteiger partial charge in [-0.15, -0.1) is 0 Å². The lowest BCUT2D eigenvalue weighted by molar-refractivity contribution is -0.152. The Bertz CT molecular complexity index is 418. The maximum Gasteiger partial charge on any atom is 0.320 e. The summed E-state index contributed by atoms with van der Waals surface area (Å²) in [6.07, 6.45) is 4.51. The van der Waals surface area contributed by atoms with Gasteiger partial charge in [0.15, 0.2) is 0 Å². The summed E-state index contributed by atoms with van der Waals surface area (Å²) in [6.45, 7) is 3.42. The number of carbonyl (C=O) groups excluding carboxylic acids is 1. The third kappa shape index (κ3) is 3.15. The van der Waals surface area contributed by atoms with E-state index >= 15 is 0 Å². The molecule has 0 unspecified atom stereocenters. The first-order valence-corrected chi connectivity index (χ1v) is 7.96. The number of rotatable bonds is 3. The molecule has 6 heteroatoms. The summed E-state index contributed by atoms with van der Waals surface area (Å²) < 4.78 is 5.27. The highest BCUT2D eigenvalue weighted by atomic mass is 16.5. The van der Waals surface area contributed by atoms with Crippen molar-refractivity contribution in [3.8, 4) is 0 Å². The molecule has 6 nitrogen and oxygen atoms in total. The van der Waals surface area contributed by atoms with Crippen LogP contribution in [-0.4, -0.2) is 66.3 Å². The van der Waals surface area contributed by atoms with Crippen LogP contribution < -0.4 is 0 Å². The average Bonchev–Trinajstić information content (AvgIpc) is 3.31. The number of nitrogens with zero attached hydrogens (tertiary/aromatic N) is 2. The van der Waals surface area contributed by atoms with Crippen LogP contribution in [-0.2, 0) is 9.53 Å². The summed E-state index contributed by atoms with van der Waals surface area (Å²) in [7, 11) is 0. The van der Waals surface area contributed by atoms with Crippen molar-refractivity contribution in [2.75, 3.05) is 39.4 Å². The molecule has 2 aliphatic heterocycles. The summed E-state index contributed by atoms with van der Waals surface area (Å²) in [6, 6.07) is -0.0144. The fourth-order valence-corrected chi connectivity index (χ4v) is 3.55. The number of likely N-dealkylation sites (tertiary alicyclic amines) is 1. The SMILES string of the molecule is O=C(N1CCOCC1)N1CCC[C@](CC2CC2)(C(=O)O)C1. The second kappa shape index (κ2) is 5.83. The molecular weight excluding hydrogens is 272 g/mol. The Morgan fingerprint density at radius 3 is 2.48 bits per heavy atom. The fraction of sp³-hybridized carbons (Fsp3) is 0.867. The minimum atomic E-state index is -0.728. The van der Waals surface area contributed by atoms with Crippen LogP contribution in [0, 0.1) is 11.3 Å². The van der Waals surface area contributed by atoms with E-state index in [9.17, 15) is 14.7 Å². The zero-order chi connectivity index (χ0) is 14.9. The molecule has 1 saturated carbocycles. The van der Waals surface area contributed by atoms with E-state index in [1.807, 2.05) is 0 Å². The molecule has 0 radical (unpaired) electrons. The van der Waals surface area contributed by atoms with Crippen LogP contribution in [0.2, 0.25) is 0 Å². The number of hydrogen-bond acceptors (Lipinski definition) is 3. The number of piperidine rings is 1. The van der Waals surface area contributed by atoms with Crippen molar-refractivity contribution in [1.82, 2.24) is 9.80 Å². The monoisotopic (exact) mass is 296 g/mol. The maximum atomic E-state index is 12.6. The van der Waals surface area contributed by atoms with Crippen molar-refractivity contribution in [3.63, 3.8) is 0 Å². The molecule has 3 rings (SSSR count). The minimum Gasteiger partial charge on any atom is -0.481 e. The van der Waals surface area contributed by atoms with Crippen molar-refractivity contribution < 1.29 is 19.4 Å². The van der Waals surface area contributed by atoms with Crippen molar-refractivity contribution in [3.05, 3.63) is 0 Å². The second-order valence-corrected chi connectivity index (χ2v) is 6.64. The van der Waals surface area contributed by atoms with E-state index in [0.717, 1.165) is 25.7 Å². The van der Waals surface area contributed by atoms with Crippen LogP contribution in [0.5, 0.6) is 0 Å². The van der Waals surface area contributed by atoms with E-state index in [0.29, 0.717) is 51.7 Å². The third-order valence-electron chi connectivity index (χ3n) is 4.96. The van der Waals surface area contributed by atoms with Gasteiger partial charge in [-0.05, 0) is 25.2 Å². The van der Waals surface area contributed by atoms with E-state index in [4.69, 9.17) is 4.74 Å². The first-order chi connectivity index (χ1) is 10.1. The van der Waals surface area contributed by atoms with Gasteiger partial charge in [0.2, 0.25) is 0 Å². The smallest absolute Gasteiger partial charge is 0.320 e. The lowest BCUT2D eigenvalue weighted by Crippen LogP contribution is -2.55. The number of morpholine rings is 1. The zero-order valence-electron chi connectivity index (χ0n) is 12.4. The Morgan fingerprint density at radius 2 is 1.86 bits per heavy atom. The molecule has 3 aliphatic rings. The van der Waals surface area contributed by atoms with E-state index in [1.54, 1.807) is 9.80 Å². The van der Waals surface area contributed by atoms with Gasteiger partial charge in [-0.1, -0.05) is 12.8 Å². The Labute approximate surface area is 125 Å². The molecule has 1 N–H and O–H groups in total. The summed E-state index contributed by atoms with van der Waals surface area (Å²) in [5, 5.41) is 9.70. The molecule has 0 spiro atoms. The van der Waals surface area contributed by atoms with Gasteiger partial charge in [-0.2, -0.15) is 0 Å². The van der Waals surface area contributed by atoms with Crippen molar-refractivity contribution in [2.45, 2.75) is 32.1 Å². The highest BCUT2D eigenvalue weighted by Crippen LogP contribution is 2.45. The molecule has 0 aromatic carbocycles. The van der Waals surface area contributed by atoms with Gasteiger partial charge in [0.25, 0.3) is 0 Å². The van der Waals surface area contributed by atoms with E-state index in [-0.39, 0.29) is 6.03 Å². The minimum absolute atomic E-state index is 0.0144. The van der Waals surface area contributed by atoms with Gasteiger partial charge >= 0.3 is 12.0 Å². The lowest BCUT2D eigenvalue weighted by atomic mass is 9.75. The molecule has 1 aliphatic carbocycles. The number of carboxylic acid groups (broad SMARTS) is 1. The fourth-order valence-electron chi connectivity index (χ4n) is 3.55. The zero-order valence-corrected chi connectivity index (χ0v) is 12.4. The number of urea groups is 1. The Balaban J connectivity index is 1.68. The van der Waals surface area contributed by atoms with Gasteiger partial charge < -0.3 is 19.6 Å². The maximum absolute atomic E-state index is 12.6. The molecule has 2 heterocycles. The lowest BCUT2D eigenvalue weighted by Gasteiger charge is -2.42. The Hall–Kier alpha value is -1.30. The van der Waals surface area contributed by atoms with Gasteiger partial charge in [-0.3, -0.25) is 4.79 Å². The van der Waals surface area contributed by atoms with Crippen molar-refractivity contribution >= 4 is 12.0 Å². The highest BCUT2D eigenvalue weighted by Gasteiger charge is 2.47. The normalized spacial score (nSPS) is 30.3. The number of carboxylic acids is 1. The van der Waals surface area contributed by atoms with Gasteiger partial charge in [0.1, 0.15) is 0 Å². The topological polar surface area (TPSA) is 70.1 Å². The summed E-state index contributed by atoms with van der Waals surface area (Å²) in [5.41, 5.74) is -0.721. The number of hydrogen-bond donors (Lipinski definition) is 1. The first kappa shape index (κ1) is 14.6. The number of ether oxygens (including phenoxy) is 1. The molecule has 118 valence electrons. The third-order valence-corrected chi connectivity index (χ3v) is 4.96. The second-order valence-electron chi connectivity index (χ2n) is 6.64. The molecule has 0 bridgehead atoms. The standard InChI is InChI=1S/C15H24N2O4/c18-13(19)15(10-12-2-3-12)4-1-5-17(11-15)14(20)16-6-8-21-9-7-16/h12H,1-11H2,(H,18,19)/t15-/m1/s1. The van der Waals surface area contributed by atoms with Crippen LogP contribution >= 0.6 is 0 Å². The summed E-state index contributed by atoms with van der Waals surface area (Å²) >= 11 is 0. The average molecular weight is 296 g/mol. The molecular formula is C15H24N2O4. The summed E-state index contributed by atoms with van der Waals surface area (Å²) in [4.78, 5) is 27.9. The van der Waals surface area contributed by atoms with Crippen LogP contribution in [0.3, 0.4) is 0 Å². The van der Waals surface area contributed by atoms with E-state index in [1.165, 1.54) is 0 Å². The Kier molecular flexibility index (Phi) is 4.06. The quantitative estimate of drug-likeness (QED) is 0.855. The Morgan fingerprint density at radius 1 is 1.14 bits per heavy atom. The van der Waals surface area contributed by atoms with Crippen LogP contribution in [0.4, 0.5) is 4.79 Å². The molecule has 2 amide bonds. The first-order valence-electron chi connectivity index (χ1n) is 7.96. The largest absolute Gasteiger partial charge is 0.481 e. The molecule has 1 atom stereocenters. The summed E-state index contributed by atoms with van der Waals surface area (Å²) in [5.74, 6) is -0.173.